The first-order valence-electron chi connectivity index (χ1n) is 8.78. The lowest BCUT2D eigenvalue weighted by Gasteiger charge is -2.39. The van der Waals surface area contributed by atoms with Gasteiger partial charge < -0.3 is 35.0 Å². The van der Waals surface area contributed by atoms with Gasteiger partial charge in [-0.3, -0.25) is 0 Å². The molecule has 1 aliphatic rings. The minimum Gasteiger partial charge on any atom is -0.462 e. The van der Waals surface area contributed by atoms with E-state index in [9.17, 15) is 25.5 Å². The van der Waals surface area contributed by atoms with Crippen LogP contribution < -0.4 is 4.74 Å². The first-order valence-corrected chi connectivity index (χ1v) is 8.78. The van der Waals surface area contributed by atoms with Crippen LogP contribution in [0.1, 0.15) is 17.2 Å². The third-order valence-electron chi connectivity index (χ3n) is 4.64. The van der Waals surface area contributed by atoms with Crippen molar-refractivity contribution in [3.63, 3.8) is 0 Å². The summed E-state index contributed by atoms with van der Waals surface area (Å²) in [6.45, 7) is -0.518. The SMILES string of the molecule is OC[C@H]1O[C@@H](Oc2ccc(C(O)Cc3ccccc3)cc2)[C@H](O)[C@H](O)[C@@H]1O. The molecular formula is C20H24O7. The van der Waals surface area contributed by atoms with E-state index in [1.54, 1.807) is 24.3 Å². The van der Waals surface area contributed by atoms with Crippen molar-refractivity contribution in [2.24, 2.45) is 0 Å². The average molecular weight is 376 g/mol. The second kappa shape index (κ2) is 8.79. The molecule has 1 saturated heterocycles. The van der Waals surface area contributed by atoms with Crippen LogP contribution >= 0.6 is 0 Å². The normalized spacial score (nSPS) is 29.3. The smallest absolute Gasteiger partial charge is 0.229 e. The van der Waals surface area contributed by atoms with E-state index in [1.807, 2.05) is 30.3 Å². The Kier molecular flexibility index (Phi) is 6.43. The number of aliphatic hydroxyl groups is 5. The molecule has 0 aromatic heterocycles. The second-order valence-electron chi connectivity index (χ2n) is 6.59. The summed E-state index contributed by atoms with van der Waals surface area (Å²) >= 11 is 0. The van der Waals surface area contributed by atoms with E-state index in [-0.39, 0.29) is 0 Å². The molecule has 2 aromatic rings. The van der Waals surface area contributed by atoms with Crippen LogP contribution in [-0.4, -0.2) is 62.8 Å². The van der Waals surface area contributed by atoms with Crippen LogP contribution in [0.4, 0.5) is 0 Å². The van der Waals surface area contributed by atoms with Crippen molar-refractivity contribution < 1.29 is 35.0 Å². The summed E-state index contributed by atoms with van der Waals surface area (Å²) in [5.74, 6) is 0.356. The molecule has 1 fully saturated rings. The number of aliphatic hydroxyl groups excluding tert-OH is 5. The highest BCUT2D eigenvalue weighted by molar-refractivity contribution is 5.30. The molecule has 0 saturated carbocycles. The van der Waals surface area contributed by atoms with Gasteiger partial charge in [0.05, 0.1) is 12.7 Å². The molecule has 1 unspecified atom stereocenters. The maximum Gasteiger partial charge on any atom is 0.229 e. The Hall–Kier alpha value is -2.00. The van der Waals surface area contributed by atoms with Gasteiger partial charge >= 0.3 is 0 Å². The zero-order valence-corrected chi connectivity index (χ0v) is 14.6. The third-order valence-corrected chi connectivity index (χ3v) is 4.64. The third kappa shape index (κ3) is 4.65. The van der Waals surface area contributed by atoms with E-state index >= 15 is 0 Å². The molecule has 5 N–H and O–H groups in total. The van der Waals surface area contributed by atoms with Gasteiger partial charge in [-0.15, -0.1) is 0 Å². The van der Waals surface area contributed by atoms with Gasteiger partial charge in [-0.1, -0.05) is 42.5 Å². The van der Waals surface area contributed by atoms with Gasteiger partial charge in [0, 0.05) is 6.42 Å². The molecule has 1 heterocycles. The predicted molar refractivity (Wildman–Crippen MR) is 95.9 cm³/mol. The maximum absolute atomic E-state index is 10.4. The van der Waals surface area contributed by atoms with Gasteiger partial charge in [0.1, 0.15) is 30.2 Å². The molecule has 7 heteroatoms. The molecule has 0 spiro atoms. The highest BCUT2D eigenvalue weighted by atomic mass is 16.7. The molecule has 0 bridgehead atoms. The Balaban J connectivity index is 1.63. The van der Waals surface area contributed by atoms with Crippen LogP contribution in [-0.2, 0) is 11.2 Å². The summed E-state index contributed by atoms with van der Waals surface area (Å²) in [6.07, 6.45) is -6.84. The summed E-state index contributed by atoms with van der Waals surface area (Å²) in [5, 5.41) is 49.2. The monoisotopic (exact) mass is 376 g/mol. The molecule has 2 aromatic carbocycles. The lowest BCUT2D eigenvalue weighted by atomic mass is 9.99. The van der Waals surface area contributed by atoms with Crippen molar-refractivity contribution >= 4 is 0 Å². The lowest BCUT2D eigenvalue weighted by Crippen LogP contribution is -2.60. The molecule has 6 atom stereocenters. The van der Waals surface area contributed by atoms with Crippen molar-refractivity contribution in [2.75, 3.05) is 6.61 Å². The molecule has 0 amide bonds. The largest absolute Gasteiger partial charge is 0.462 e. The van der Waals surface area contributed by atoms with Crippen molar-refractivity contribution in [3.05, 3.63) is 65.7 Å². The number of ether oxygens (including phenoxy) is 2. The quantitative estimate of drug-likeness (QED) is 0.486. The number of benzene rings is 2. The minimum absolute atomic E-state index is 0.356. The summed E-state index contributed by atoms with van der Waals surface area (Å²) in [6, 6.07) is 16.3. The van der Waals surface area contributed by atoms with Crippen LogP contribution in [0.3, 0.4) is 0 Å². The Morgan fingerprint density at radius 1 is 0.889 bits per heavy atom. The fraction of sp³-hybridized carbons (Fsp3) is 0.400. The standard InChI is InChI=1S/C20H24O7/c21-11-16-17(23)18(24)19(25)20(27-16)26-14-8-6-13(7-9-14)15(22)10-12-4-2-1-3-5-12/h1-9,15-25H,10-11H2/t15?,16-,17-,18-,19-,20-/m1/s1. The van der Waals surface area contributed by atoms with Crippen LogP contribution in [0.15, 0.2) is 54.6 Å². The van der Waals surface area contributed by atoms with E-state index in [4.69, 9.17) is 9.47 Å². The van der Waals surface area contributed by atoms with E-state index in [1.165, 1.54) is 0 Å². The second-order valence-corrected chi connectivity index (χ2v) is 6.59. The molecule has 0 aliphatic carbocycles. The summed E-state index contributed by atoms with van der Waals surface area (Å²) in [7, 11) is 0. The van der Waals surface area contributed by atoms with Gasteiger partial charge in [0.2, 0.25) is 6.29 Å². The Labute approximate surface area is 157 Å². The number of hydrogen-bond donors (Lipinski definition) is 5. The predicted octanol–water partition coefficient (Wildman–Crippen LogP) is 0.141. The van der Waals surface area contributed by atoms with Crippen LogP contribution in [0, 0.1) is 0 Å². The minimum atomic E-state index is -1.49. The fourth-order valence-electron chi connectivity index (χ4n) is 3.02. The summed E-state index contributed by atoms with van der Waals surface area (Å²) in [4.78, 5) is 0. The topological polar surface area (TPSA) is 120 Å². The average Bonchev–Trinajstić information content (AvgIpc) is 2.69. The zero-order chi connectivity index (χ0) is 19.4. The summed E-state index contributed by atoms with van der Waals surface area (Å²) < 4.78 is 10.8. The van der Waals surface area contributed by atoms with Crippen molar-refractivity contribution in [3.8, 4) is 5.75 Å². The Bertz CT molecular complexity index is 704. The van der Waals surface area contributed by atoms with Gasteiger partial charge in [0.25, 0.3) is 0 Å². The highest BCUT2D eigenvalue weighted by Gasteiger charge is 2.44. The van der Waals surface area contributed by atoms with Gasteiger partial charge in [-0.25, -0.2) is 0 Å². The maximum atomic E-state index is 10.4. The fourth-order valence-corrected chi connectivity index (χ4v) is 3.02. The van der Waals surface area contributed by atoms with Crippen molar-refractivity contribution in [2.45, 2.75) is 43.2 Å². The van der Waals surface area contributed by atoms with E-state index in [0.717, 1.165) is 5.56 Å². The molecule has 27 heavy (non-hydrogen) atoms. The lowest BCUT2D eigenvalue weighted by molar-refractivity contribution is -0.277. The number of rotatable bonds is 6. The van der Waals surface area contributed by atoms with Gasteiger partial charge in [-0.2, -0.15) is 0 Å². The number of hydrogen-bond acceptors (Lipinski definition) is 7. The van der Waals surface area contributed by atoms with Crippen LogP contribution in [0.5, 0.6) is 5.75 Å². The first-order chi connectivity index (χ1) is 13.0. The Morgan fingerprint density at radius 3 is 2.19 bits per heavy atom. The van der Waals surface area contributed by atoms with Gasteiger partial charge in [-0.05, 0) is 23.3 Å². The van der Waals surface area contributed by atoms with E-state index in [0.29, 0.717) is 17.7 Å². The van der Waals surface area contributed by atoms with Crippen LogP contribution in [0.2, 0.25) is 0 Å². The Morgan fingerprint density at radius 2 is 1.56 bits per heavy atom. The highest BCUT2D eigenvalue weighted by Crippen LogP contribution is 2.26. The summed E-state index contributed by atoms with van der Waals surface area (Å²) in [5.41, 5.74) is 1.73. The molecule has 7 nitrogen and oxygen atoms in total. The molecule has 0 radical (unpaired) electrons. The van der Waals surface area contributed by atoms with Crippen molar-refractivity contribution in [1.82, 2.24) is 0 Å². The molecular weight excluding hydrogens is 352 g/mol. The molecule has 146 valence electrons. The van der Waals surface area contributed by atoms with Crippen molar-refractivity contribution in [1.29, 1.82) is 0 Å². The first kappa shape index (κ1) is 19.8. The van der Waals surface area contributed by atoms with E-state index in [2.05, 4.69) is 0 Å². The zero-order valence-electron chi connectivity index (χ0n) is 14.6. The molecule has 3 rings (SSSR count). The van der Waals surface area contributed by atoms with Crippen LogP contribution in [0.25, 0.3) is 0 Å². The molecule has 1 aliphatic heterocycles. The van der Waals surface area contributed by atoms with E-state index < -0.39 is 43.4 Å². The van der Waals surface area contributed by atoms with Gasteiger partial charge in [0.15, 0.2) is 0 Å².